The molecule has 10 heteroatoms. The first-order chi connectivity index (χ1) is 15.0. The second kappa shape index (κ2) is 7.84. The molecule has 9 nitrogen and oxygen atoms in total. The summed E-state index contributed by atoms with van der Waals surface area (Å²) in [6, 6.07) is 6.67. The van der Waals surface area contributed by atoms with Crippen LogP contribution in [0.3, 0.4) is 0 Å². The van der Waals surface area contributed by atoms with Gasteiger partial charge >= 0.3 is 0 Å². The molecule has 0 saturated carbocycles. The van der Waals surface area contributed by atoms with Crippen molar-refractivity contribution in [3.63, 3.8) is 0 Å². The Morgan fingerprint density at radius 3 is 2.90 bits per heavy atom. The Kier molecular flexibility index (Phi) is 5.01. The van der Waals surface area contributed by atoms with Gasteiger partial charge in [0, 0.05) is 18.3 Å². The number of aryl methyl sites for hydroxylation is 1. The molecule has 2 aliphatic heterocycles. The maximum atomic E-state index is 13.1. The van der Waals surface area contributed by atoms with Crippen LogP contribution in [0.25, 0.3) is 4.96 Å². The van der Waals surface area contributed by atoms with Crippen LogP contribution in [0.2, 0.25) is 0 Å². The van der Waals surface area contributed by atoms with Gasteiger partial charge in [-0.3, -0.25) is 9.59 Å². The molecule has 1 fully saturated rings. The van der Waals surface area contributed by atoms with Crippen molar-refractivity contribution in [1.29, 1.82) is 0 Å². The third-order valence-corrected chi connectivity index (χ3v) is 6.53. The highest BCUT2D eigenvalue weighted by atomic mass is 32.1. The van der Waals surface area contributed by atoms with E-state index in [4.69, 9.17) is 9.47 Å². The Morgan fingerprint density at radius 1 is 1.26 bits per heavy atom. The van der Waals surface area contributed by atoms with Gasteiger partial charge in [-0.05, 0) is 44.4 Å². The van der Waals surface area contributed by atoms with Crippen LogP contribution in [0, 0.1) is 6.92 Å². The highest BCUT2D eigenvalue weighted by Crippen LogP contribution is 2.33. The Bertz CT molecular complexity index is 1210. The average Bonchev–Trinajstić information content (AvgIpc) is 3.40. The van der Waals surface area contributed by atoms with E-state index in [1.165, 1.54) is 21.9 Å². The van der Waals surface area contributed by atoms with Crippen molar-refractivity contribution in [2.45, 2.75) is 38.8 Å². The number of nitrogens with zero attached hydrogens (tertiary/aromatic N) is 4. The smallest absolute Gasteiger partial charge is 0.275 e. The van der Waals surface area contributed by atoms with Crippen LogP contribution in [0.15, 0.2) is 29.1 Å². The zero-order chi connectivity index (χ0) is 21.5. The Balaban J connectivity index is 1.34. The molecule has 0 radical (unpaired) electrons. The van der Waals surface area contributed by atoms with E-state index < -0.39 is 0 Å². The van der Waals surface area contributed by atoms with E-state index in [0.717, 1.165) is 24.2 Å². The lowest BCUT2D eigenvalue weighted by Gasteiger charge is -2.25. The molecular weight excluding hydrogens is 418 g/mol. The van der Waals surface area contributed by atoms with Crippen molar-refractivity contribution in [3.05, 3.63) is 45.9 Å². The number of fused-ring (bicyclic) bond motifs is 2. The van der Waals surface area contributed by atoms with Crippen LogP contribution in [0.5, 0.6) is 11.5 Å². The number of rotatable bonds is 4. The minimum atomic E-state index is -0.336. The second-order valence-electron chi connectivity index (χ2n) is 7.80. The molecule has 0 aliphatic carbocycles. The largest absolute Gasteiger partial charge is 0.486 e. The van der Waals surface area contributed by atoms with Crippen LogP contribution in [-0.2, 0) is 4.79 Å². The van der Waals surface area contributed by atoms with Gasteiger partial charge in [-0.15, -0.1) is 5.10 Å². The van der Waals surface area contributed by atoms with E-state index in [1.54, 1.807) is 6.92 Å². The Labute approximate surface area is 182 Å². The first-order valence-corrected chi connectivity index (χ1v) is 11.2. The number of hydrogen-bond acceptors (Lipinski definition) is 8. The first-order valence-electron chi connectivity index (χ1n) is 10.3. The van der Waals surface area contributed by atoms with Crippen LogP contribution < -0.4 is 25.2 Å². The zero-order valence-electron chi connectivity index (χ0n) is 17.3. The number of carbonyl (C=O) groups excluding carboxylic acids is 1. The van der Waals surface area contributed by atoms with Crippen molar-refractivity contribution in [2.75, 3.05) is 24.7 Å². The molecule has 162 valence electrons. The summed E-state index contributed by atoms with van der Waals surface area (Å²) in [4.78, 5) is 32.2. The quantitative estimate of drug-likeness (QED) is 0.662. The summed E-state index contributed by atoms with van der Waals surface area (Å²) in [5.74, 6) is 1.37. The normalized spacial score (nSPS) is 18.9. The molecular formula is C21H23N5O4S. The Hall–Kier alpha value is -3.14. The lowest BCUT2D eigenvalue weighted by molar-refractivity contribution is -0.122. The fraction of sp³-hybridized carbons (Fsp3) is 0.429. The maximum absolute atomic E-state index is 13.1. The van der Waals surface area contributed by atoms with Crippen molar-refractivity contribution in [1.82, 2.24) is 19.9 Å². The summed E-state index contributed by atoms with van der Waals surface area (Å²) < 4.78 is 12.5. The third-order valence-electron chi connectivity index (χ3n) is 5.59. The molecule has 5 rings (SSSR count). The standard InChI is InChI=1S/C21H23N5O4S/c1-12-10-18(27)26-20(22-12)31-21(24-26)25-7-3-4-15(25)19(28)23-13(2)14-5-6-16-17(11-14)30-9-8-29-16/h5-6,10-11,13,15H,3-4,7-9H2,1-2H3,(H,23,28)/t13-,15+/m1/s1. The molecule has 1 N–H and O–H groups in total. The van der Waals surface area contributed by atoms with E-state index in [2.05, 4.69) is 15.4 Å². The van der Waals surface area contributed by atoms with Crippen molar-refractivity contribution in [2.24, 2.45) is 0 Å². The first kappa shape index (κ1) is 19.8. The number of ether oxygens (including phenoxy) is 2. The van der Waals surface area contributed by atoms with Gasteiger partial charge in [0.25, 0.3) is 5.56 Å². The number of amides is 1. The summed E-state index contributed by atoms with van der Waals surface area (Å²) in [6.45, 7) is 5.51. The molecule has 31 heavy (non-hydrogen) atoms. The lowest BCUT2D eigenvalue weighted by Crippen LogP contribution is -2.44. The molecule has 0 bridgehead atoms. The summed E-state index contributed by atoms with van der Waals surface area (Å²) in [6.07, 6.45) is 1.62. The number of hydrogen-bond donors (Lipinski definition) is 1. The van der Waals surface area contributed by atoms with Crippen molar-refractivity contribution >= 4 is 27.3 Å². The zero-order valence-corrected chi connectivity index (χ0v) is 18.1. The van der Waals surface area contributed by atoms with Gasteiger partial charge in [0.2, 0.25) is 16.0 Å². The fourth-order valence-corrected chi connectivity index (χ4v) is 5.05. The molecule has 2 atom stereocenters. The van der Waals surface area contributed by atoms with Crippen LogP contribution in [0.1, 0.15) is 37.1 Å². The summed E-state index contributed by atoms with van der Waals surface area (Å²) in [5, 5.41) is 8.18. The molecule has 1 saturated heterocycles. The van der Waals surface area contributed by atoms with Gasteiger partial charge in [0.1, 0.15) is 19.3 Å². The van der Waals surface area contributed by atoms with Gasteiger partial charge in [0.05, 0.1) is 6.04 Å². The summed E-state index contributed by atoms with van der Waals surface area (Å²) in [7, 11) is 0. The van der Waals surface area contributed by atoms with E-state index in [1.807, 2.05) is 30.0 Å². The van der Waals surface area contributed by atoms with Gasteiger partial charge < -0.3 is 19.7 Å². The van der Waals surface area contributed by atoms with Crippen LogP contribution in [0.4, 0.5) is 5.13 Å². The lowest BCUT2D eigenvalue weighted by atomic mass is 10.1. The van der Waals surface area contributed by atoms with E-state index >= 15 is 0 Å². The SMILES string of the molecule is Cc1cc(=O)n2nc(N3CCC[C@H]3C(=O)N[C@H](C)c3ccc4c(c3)OCCO4)sc2n1. The van der Waals surface area contributed by atoms with Crippen molar-refractivity contribution < 1.29 is 14.3 Å². The number of nitrogens with one attached hydrogen (secondary N) is 1. The summed E-state index contributed by atoms with van der Waals surface area (Å²) >= 11 is 1.33. The molecule has 1 amide bonds. The maximum Gasteiger partial charge on any atom is 0.275 e. The molecule has 0 spiro atoms. The van der Waals surface area contributed by atoms with E-state index in [-0.39, 0.29) is 23.6 Å². The minimum Gasteiger partial charge on any atom is -0.486 e. The fourth-order valence-electron chi connectivity index (χ4n) is 4.02. The van der Waals surface area contributed by atoms with Gasteiger partial charge in [-0.2, -0.15) is 4.52 Å². The topological polar surface area (TPSA) is 98.1 Å². The Morgan fingerprint density at radius 2 is 2.06 bits per heavy atom. The average molecular weight is 442 g/mol. The number of aromatic nitrogens is 3. The molecule has 0 unspecified atom stereocenters. The second-order valence-corrected chi connectivity index (χ2v) is 8.73. The molecule has 4 heterocycles. The van der Waals surface area contributed by atoms with Crippen LogP contribution >= 0.6 is 11.3 Å². The predicted octanol–water partition coefficient (Wildman–Crippen LogP) is 2.08. The van der Waals surface area contributed by atoms with Crippen LogP contribution in [-0.4, -0.2) is 46.3 Å². The molecule has 3 aromatic rings. The van der Waals surface area contributed by atoms with Gasteiger partial charge in [-0.25, -0.2) is 4.98 Å². The van der Waals surface area contributed by atoms with Crippen molar-refractivity contribution in [3.8, 4) is 11.5 Å². The predicted molar refractivity (Wildman–Crippen MR) is 116 cm³/mol. The van der Waals surface area contributed by atoms with E-state index in [0.29, 0.717) is 41.3 Å². The van der Waals surface area contributed by atoms with Gasteiger partial charge in [-0.1, -0.05) is 17.4 Å². The molecule has 2 aliphatic rings. The molecule has 1 aromatic carbocycles. The highest BCUT2D eigenvalue weighted by Gasteiger charge is 2.34. The third kappa shape index (κ3) is 3.71. The van der Waals surface area contributed by atoms with E-state index in [9.17, 15) is 9.59 Å². The molecule has 2 aromatic heterocycles. The highest BCUT2D eigenvalue weighted by molar-refractivity contribution is 7.20. The summed E-state index contributed by atoms with van der Waals surface area (Å²) in [5.41, 5.74) is 1.40. The monoisotopic (exact) mass is 441 g/mol. The minimum absolute atomic E-state index is 0.0596. The number of anilines is 1. The number of benzene rings is 1. The number of carbonyl (C=O) groups is 1. The van der Waals surface area contributed by atoms with Gasteiger partial charge in [0.15, 0.2) is 11.5 Å².